The largest absolute Gasteiger partial charge is 0.321 e. The third kappa shape index (κ3) is 3.91. The van der Waals surface area contributed by atoms with Gasteiger partial charge < -0.3 is 5.32 Å². The van der Waals surface area contributed by atoms with Gasteiger partial charge in [-0.15, -0.1) is 11.3 Å². The van der Waals surface area contributed by atoms with Gasteiger partial charge in [0.25, 0.3) is 5.91 Å². The third-order valence-corrected chi connectivity index (χ3v) is 5.43. The predicted molar refractivity (Wildman–Crippen MR) is 107 cm³/mol. The highest BCUT2D eigenvalue weighted by atomic mass is 35.5. The Morgan fingerprint density at radius 1 is 1.19 bits per heavy atom. The molecule has 1 aromatic heterocycles. The number of benzene rings is 2. The Hall–Kier alpha value is -2.32. The molecule has 1 heterocycles. The molecule has 0 radical (unpaired) electrons. The van der Waals surface area contributed by atoms with E-state index in [1.165, 1.54) is 11.3 Å². The fourth-order valence-corrected chi connectivity index (χ4v) is 3.65. The zero-order chi connectivity index (χ0) is 18.7. The zero-order valence-corrected chi connectivity index (χ0v) is 16.1. The number of carbonyl (C=O) groups is 1. The standard InChI is InChI=1S/C20H14Cl2N2OS/c1-12-9-15(16(11-23)13-4-6-14(21)7-5-13)17(22)10-18(12)24-20(25)19-3-2-8-26-19/h2-10,16H,1H3,(H,24,25)/t16-/m0/s1. The minimum absolute atomic E-state index is 0.179. The van der Waals surface area contributed by atoms with E-state index in [2.05, 4.69) is 11.4 Å². The van der Waals surface area contributed by atoms with Crippen LogP contribution in [0.3, 0.4) is 0 Å². The maximum atomic E-state index is 12.3. The van der Waals surface area contributed by atoms with Crippen LogP contribution in [0.25, 0.3) is 0 Å². The molecule has 1 amide bonds. The fraction of sp³-hybridized carbons (Fsp3) is 0.100. The summed E-state index contributed by atoms with van der Waals surface area (Å²) in [6, 6.07) is 16.5. The lowest BCUT2D eigenvalue weighted by Crippen LogP contribution is -2.12. The van der Waals surface area contributed by atoms with Crippen molar-refractivity contribution < 1.29 is 4.79 Å². The maximum Gasteiger partial charge on any atom is 0.265 e. The van der Waals surface area contributed by atoms with Gasteiger partial charge in [0.1, 0.15) is 0 Å². The Bertz CT molecular complexity index is 976. The van der Waals surface area contributed by atoms with E-state index in [-0.39, 0.29) is 5.91 Å². The second-order valence-corrected chi connectivity index (χ2v) is 7.53. The molecule has 0 aliphatic heterocycles. The van der Waals surface area contributed by atoms with E-state index in [0.717, 1.165) is 11.1 Å². The molecule has 6 heteroatoms. The van der Waals surface area contributed by atoms with Crippen LogP contribution in [-0.2, 0) is 0 Å². The second-order valence-electron chi connectivity index (χ2n) is 5.73. The monoisotopic (exact) mass is 400 g/mol. The smallest absolute Gasteiger partial charge is 0.265 e. The molecular weight excluding hydrogens is 387 g/mol. The molecule has 3 aromatic rings. The molecule has 3 nitrogen and oxygen atoms in total. The van der Waals surface area contributed by atoms with Crippen LogP contribution in [0.5, 0.6) is 0 Å². The van der Waals surface area contributed by atoms with E-state index in [4.69, 9.17) is 23.2 Å². The molecule has 1 N–H and O–H groups in total. The molecule has 0 saturated carbocycles. The first-order valence-corrected chi connectivity index (χ1v) is 9.43. The first-order valence-electron chi connectivity index (χ1n) is 7.79. The number of carbonyl (C=O) groups excluding carboxylic acids is 1. The summed E-state index contributed by atoms with van der Waals surface area (Å²) < 4.78 is 0. The molecule has 3 rings (SSSR count). The van der Waals surface area contributed by atoms with Crippen LogP contribution in [0.1, 0.15) is 32.3 Å². The van der Waals surface area contributed by atoms with Crippen molar-refractivity contribution in [2.75, 3.05) is 5.32 Å². The molecule has 26 heavy (non-hydrogen) atoms. The Kier molecular flexibility index (Phi) is 5.63. The van der Waals surface area contributed by atoms with Crippen LogP contribution in [0.4, 0.5) is 5.69 Å². The summed E-state index contributed by atoms with van der Waals surface area (Å²) in [5.74, 6) is -0.693. The predicted octanol–water partition coefficient (Wildman–Crippen LogP) is 6.27. The van der Waals surface area contributed by atoms with Crippen molar-refractivity contribution in [1.82, 2.24) is 0 Å². The first-order chi connectivity index (χ1) is 12.5. The van der Waals surface area contributed by atoms with Gasteiger partial charge in [-0.1, -0.05) is 47.5 Å². The summed E-state index contributed by atoms with van der Waals surface area (Å²) in [7, 11) is 0. The van der Waals surface area contributed by atoms with Gasteiger partial charge in [0, 0.05) is 15.7 Å². The number of thiophene rings is 1. The number of hydrogen-bond donors (Lipinski definition) is 1. The van der Waals surface area contributed by atoms with Gasteiger partial charge in [0.05, 0.1) is 16.9 Å². The van der Waals surface area contributed by atoms with E-state index < -0.39 is 5.92 Å². The fourth-order valence-electron chi connectivity index (χ4n) is 2.63. The highest BCUT2D eigenvalue weighted by Gasteiger charge is 2.19. The molecule has 0 fully saturated rings. The normalized spacial score (nSPS) is 11.6. The number of anilines is 1. The summed E-state index contributed by atoms with van der Waals surface area (Å²) in [5, 5.41) is 15.4. The van der Waals surface area contributed by atoms with E-state index in [1.54, 1.807) is 24.3 Å². The second kappa shape index (κ2) is 7.92. The number of nitrogens with one attached hydrogen (secondary N) is 1. The number of rotatable bonds is 4. The molecule has 0 aliphatic rings. The number of hydrogen-bond acceptors (Lipinski definition) is 3. The van der Waals surface area contributed by atoms with Crippen molar-refractivity contribution in [1.29, 1.82) is 5.26 Å². The average Bonchev–Trinajstić information content (AvgIpc) is 3.16. The van der Waals surface area contributed by atoms with Crippen molar-refractivity contribution in [3.05, 3.63) is 85.5 Å². The van der Waals surface area contributed by atoms with Crippen molar-refractivity contribution in [2.24, 2.45) is 0 Å². The summed E-state index contributed by atoms with van der Waals surface area (Å²) in [4.78, 5) is 12.9. The van der Waals surface area contributed by atoms with Gasteiger partial charge in [0.2, 0.25) is 0 Å². The summed E-state index contributed by atoms with van der Waals surface area (Å²) in [6.45, 7) is 1.88. The molecule has 0 bridgehead atoms. The summed E-state index contributed by atoms with van der Waals surface area (Å²) in [5.41, 5.74) is 2.98. The lowest BCUT2D eigenvalue weighted by molar-refractivity contribution is 0.103. The van der Waals surface area contributed by atoms with Crippen LogP contribution in [0.15, 0.2) is 53.9 Å². The molecule has 130 valence electrons. The molecule has 0 saturated heterocycles. The number of nitrogens with zero attached hydrogens (tertiary/aromatic N) is 1. The zero-order valence-electron chi connectivity index (χ0n) is 13.8. The Morgan fingerprint density at radius 3 is 2.54 bits per heavy atom. The number of nitriles is 1. The summed E-state index contributed by atoms with van der Waals surface area (Å²) >= 11 is 13.7. The molecule has 2 aromatic carbocycles. The van der Waals surface area contributed by atoms with Crippen LogP contribution in [0, 0.1) is 18.3 Å². The SMILES string of the molecule is Cc1cc([C@@H](C#N)c2ccc(Cl)cc2)c(Cl)cc1NC(=O)c1cccs1. The van der Waals surface area contributed by atoms with Crippen LogP contribution in [-0.4, -0.2) is 5.91 Å². The van der Waals surface area contributed by atoms with Gasteiger partial charge >= 0.3 is 0 Å². The quantitative estimate of drug-likeness (QED) is 0.560. The van der Waals surface area contributed by atoms with Crippen molar-refractivity contribution in [3.63, 3.8) is 0 Å². The van der Waals surface area contributed by atoms with E-state index in [9.17, 15) is 10.1 Å². The van der Waals surface area contributed by atoms with Gasteiger partial charge in [-0.25, -0.2) is 0 Å². The Balaban J connectivity index is 1.92. The van der Waals surface area contributed by atoms with Crippen LogP contribution < -0.4 is 5.32 Å². The van der Waals surface area contributed by atoms with Crippen molar-refractivity contribution in [2.45, 2.75) is 12.8 Å². The highest BCUT2D eigenvalue weighted by Crippen LogP contribution is 2.34. The minimum Gasteiger partial charge on any atom is -0.321 e. The molecule has 0 spiro atoms. The number of halogens is 2. The van der Waals surface area contributed by atoms with E-state index in [0.29, 0.717) is 26.2 Å². The Morgan fingerprint density at radius 2 is 1.92 bits per heavy atom. The Labute approximate surface area is 165 Å². The molecule has 1 atom stereocenters. The van der Waals surface area contributed by atoms with Crippen LogP contribution >= 0.6 is 34.5 Å². The third-order valence-electron chi connectivity index (χ3n) is 3.98. The van der Waals surface area contributed by atoms with E-state index >= 15 is 0 Å². The average molecular weight is 401 g/mol. The van der Waals surface area contributed by atoms with Crippen molar-refractivity contribution >= 4 is 46.1 Å². The van der Waals surface area contributed by atoms with Gasteiger partial charge in [-0.05, 0) is 53.3 Å². The maximum absolute atomic E-state index is 12.3. The molecular formula is C20H14Cl2N2OS. The minimum atomic E-state index is -0.513. The lowest BCUT2D eigenvalue weighted by Gasteiger charge is -2.16. The molecule has 0 aliphatic carbocycles. The van der Waals surface area contributed by atoms with Crippen LogP contribution in [0.2, 0.25) is 10.0 Å². The first kappa shape index (κ1) is 18.5. The van der Waals surface area contributed by atoms with Gasteiger partial charge in [0.15, 0.2) is 0 Å². The number of aryl methyl sites for hydroxylation is 1. The lowest BCUT2D eigenvalue weighted by atomic mass is 9.91. The van der Waals surface area contributed by atoms with Gasteiger partial charge in [-0.2, -0.15) is 5.26 Å². The highest BCUT2D eigenvalue weighted by molar-refractivity contribution is 7.12. The summed E-state index contributed by atoms with van der Waals surface area (Å²) in [6.07, 6.45) is 0. The van der Waals surface area contributed by atoms with Gasteiger partial charge in [-0.3, -0.25) is 4.79 Å². The number of amides is 1. The van der Waals surface area contributed by atoms with E-state index in [1.807, 2.05) is 36.6 Å². The topological polar surface area (TPSA) is 52.9 Å². The molecule has 0 unspecified atom stereocenters. The van der Waals surface area contributed by atoms with Crippen molar-refractivity contribution in [3.8, 4) is 6.07 Å².